The number of ether oxygens (including phenoxy) is 1. The number of benzene rings is 2. The van der Waals surface area contributed by atoms with E-state index >= 15 is 0 Å². The molecule has 5 rings (SSSR count). The molecule has 0 saturated heterocycles. The zero-order valence-corrected chi connectivity index (χ0v) is 15.8. The van der Waals surface area contributed by atoms with Crippen LogP contribution in [0.15, 0.2) is 46.9 Å². The van der Waals surface area contributed by atoms with Crippen molar-refractivity contribution in [2.75, 3.05) is 0 Å². The van der Waals surface area contributed by atoms with Gasteiger partial charge >= 0.3 is 5.97 Å². The van der Waals surface area contributed by atoms with Gasteiger partial charge in [0.1, 0.15) is 5.60 Å². The molecule has 2 aliphatic rings. The molecule has 0 spiro atoms. The van der Waals surface area contributed by atoms with Crippen molar-refractivity contribution in [3.8, 4) is 5.69 Å². The molecular formula is C19H15BrN4O2. The fourth-order valence-electron chi connectivity index (χ4n) is 4.57. The molecule has 0 fully saturated rings. The summed E-state index contributed by atoms with van der Waals surface area (Å²) in [5.41, 5.74) is 3.39. The molecule has 0 saturated carbocycles. The second-order valence-electron chi connectivity index (χ2n) is 6.90. The lowest BCUT2D eigenvalue weighted by Crippen LogP contribution is -2.36. The molecule has 3 aromatic rings. The molecule has 1 aliphatic heterocycles. The molecule has 0 N–H and O–H groups in total. The third kappa shape index (κ3) is 1.92. The van der Waals surface area contributed by atoms with Crippen molar-refractivity contribution in [1.29, 1.82) is 0 Å². The zero-order chi connectivity index (χ0) is 18.1. The van der Waals surface area contributed by atoms with Gasteiger partial charge in [-0.05, 0) is 52.2 Å². The maximum Gasteiger partial charge on any atom is 0.303 e. The Morgan fingerprint density at radius 3 is 2.85 bits per heavy atom. The van der Waals surface area contributed by atoms with Crippen LogP contribution in [0.5, 0.6) is 0 Å². The van der Waals surface area contributed by atoms with E-state index in [0.717, 1.165) is 26.9 Å². The summed E-state index contributed by atoms with van der Waals surface area (Å²) >= 11 is 3.58. The lowest BCUT2D eigenvalue weighted by Gasteiger charge is -2.36. The number of nitrogens with zero attached hydrogens (tertiary/aromatic N) is 4. The van der Waals surface area contributed by atoms with Crippen LogP contribution in [-0.4, -0.2) is 26.2 Å². The predicted octanol–water partition coefficient (Wildman–Crippen LogP) is 3.45. The summed E-state index contributed by atoms with van der Waals surface area (Å²) in [6.07, 6.45) is 0. The highest BCUT2D eigenvalue weighted by molar-refractivity contribution is 9.10. The molecule has 3 atom stereocenters. The van der Waals surface area contributed by atoms with Crippen LogP contribution in [0.3, 0.4) is 0 Å². The number of carbonyl (C=O) groups excluding carboxylic acids is 1. The first-order valence-corrected chi connectivity index (χ1v) is 9.17. The molecule has 2 aromatic carbocycles. The summed E-state index contributed by atoms with van der Waals surface area (Å²) in [4.78, 5) is 12.0. The van der Waals surface area contributed by atoms with Gasteiger partial charge in [0.25, 0.3) is 0 Å². The van der Waals surface area contributed by atoms with Gasteiger partial charge in [0.2, 0.25) is 0 Å². The molecule has 130 valence electrons. The Balaban J connectivity index is 1.86. The number of aromatic nitrogens is 4. The fourth-order valence-corrected chi connectivity index (χ4v) is 4.95. The average molecular weight is 411 g/mol. The van der Waals surface area contributed by atoms with Crippen LogP contribution >= 0.6 is 15.9 Å². The van der Waals surface area contributed by atoms with Crippen LogP contribution in [0.1, 0.15) is 48.2 Å². The molecule has 7 heteroatoms. The topological polar surface area (TPSA) is 69.9 Å². The Bertz CT molecular complexity index is 1060. The second kappa shape index (κ2) is 5.23. The number of rotatable bonds is 1. The van der Waals surface area contributed by atoms with Crippen LogP contribution in [0.25, 0.3) is 5.69 Å². The molecule has 0 bridgehead atoms. The van der Waals surface area contributed by atoms with E-state index in [1.54, 1.807) is 4.68 Å². The Morgan fingerprint density at radius 1 is 1.23 bits per heavy atom. The van der Waals surface area contributed by atoms with E-state index in [9.17, 15) is 4.79 Å². The Morgan fingerprint density at radius 2 is 2.04 bits per heavy atom. The summed E-state index contributed by atoms with van der Waals surface area (Å²) in [6.45, 7) is 3.40. The summed E-state index contributed by atoms with van der Waals surface area (Å²) in [5, 5.41) is 12.4. The van der Waals surface area contributed by atoms with Gasteiger partial charge in [0.05, 0.1) is 11.6 Å². The van der Waals surface area contributed by atoms with Crippen molar-refractivity contribution in [3.05, 3.63) is 69.5 Å². The first-order chi connectivity index (χ1) is 12.5. The van der Waals surface area contributed by atoms with Crippen molar-refractivity contribution < 1.29 is 9.53 Å². The van der Waals surface area contributed by atoms with Gasteiger partial charge in [-0.1, -0.05) is 40.2 Å². The fraction of sp³-hybridized carbons (Fsp3) is 0.263. The number of carbonyl (C=O) groups is 1. The molecule has 1 aromatic heterocycles. The first-order valence-electron chi connectivity index (χ1n) is 8.38. The van der Waals surface area contributed by atoms with Gasteiger partial charge in [-0.15, -0.1) is 5.10 Å². The third-order valence-electron chi connectivity index (χ3n) is 5.44. The molecule has 26 heavy (non-hydrogen) atoms. The van der Waals surface area contributed by atoms with Crippen LogP contribution < -0.4 is 0 Å². The number of fused-ring (bicyclic) bond motifs is 8. The molecule has 0 amide bonds. The third-order valence-corrected chi connectivity index (χ3v) is 5.93. The Labute approximate surface area is 158 Å². The summed E-state index contributed by atoms with van der Waals surface area (Å²) < 4.78 is 8.66. The van der Waals surface area contributed by atoms with Crippen molar-refractivity contribution in [2.24, 2.45) is 0 Å². The van der Waals surface area contributed by atoms with Crippen LogP contribution in [-0.2, 0) is 15.1 Å². The van der Waals surface area contributed by atoms with Crippen LogP contribution in [0.2, 0.25) is 0 Å². The highest BCUT2D eigenvalue weighted by atomic mass is 79.9. The molecular weight excluding hydrogens is 396 g/mol. The van der Waals surface area contributed by atoms with E-state index in [4.69, 9.17) is 4.74 Å². The monoisotopic (exact) mass is 410 g/mol. The Hall–Kier alpha value is -2.54. The maximum atomic E-state index is 12.0. The van der Waals surface area contributed by atoms with E-state index < -0.39 is 5.60 Å². The maximum absolute atomic E-state index is 12.0. The molecule has 0 radical (unpaired) electrons. The minimum Gasteiger partial charge on any atom is -0.454 e. The largest absolute Gasteiger partial charge is 0.454 e. The number of hydrogen-bond acceptors (Lipinski definition) is 5. The van der Waals surface area contributed by atoms with Gasteiger partial charge in [0.15, 0.2) is 5.82 Å². The van der Waals surface area contributed by atoms with Gasteiger partial charge < -0.3 is 4.74 Å². The minimum atomic E-state index is -0.834. The van der Waals surface area contributed by atoms with Gasteiger partial charge in [-0.2, -0.15) is 4.68 Å². The normalized spacial score (nSPS) is 25.0. The summed E-state index contributed by atoms with van der Waals surface area (Å²) in [6, 6.07) is 14.2. The van der Waals surface area contributed by atoms with Gasteiger partial charge in [-0.3, -0.25) is 4.79 Å². The van der Waals surface area contributed by atoms with Gasteiger partial charge in [0, 0.05) is 17.3 Å². The predicted molar refractivity (Wildman–Crippen MR) is 97.0 cm³/mol. The minimum absolute atomic E-state index is 0.0153. The highest BCUT2D eigenvalue weighted by Gasteiger charge is 2.57. The quantitative estimate of drug-likeness (QED) is 0.574. The van der Waals surface area contributed by atoms with E-state index in [-0.39, 0.29) is 17.8 Å². The number of esters is 1. The molecule has 2 heterocycles. The van der Waals surface area contributed by atoms with Gasteiger partial charge in [-0.25, -0.2) is 0 Å². The number of halogens is 1. The molecule has 3 unspecified atom stereocenters. The number of tetrazole rings is 1. The van der Waals surface area contributed by atoms with Crippen molar-refractivity contribution in [3.63, 3.8) is 0 Å². The number of hydrogen-bond donors (Lipinski definition) is 0. The van der Waals surface area contributed by atoms with E-state index in [0.29, 0.717) is 5.82 Å². The van der Waals surface area contributed by atoms with Crippen LogP contribution in [0.4, 0.5) is 0 Å². The van der Waals surface area contributed by atoms with Crippen molar-refractivity contribution in [2.45, 2.75) is 31.3 Å². The smallest absolute Gasteiger partial charge is 0.303 e. The Kier molecular flexibility index (Phi) is 3.16. The lowest BCUT2D eigenvalue weighted by atomic mass is 9.77. The summed E-state index contributed by atoms with van der Waals surface area (Å²) in [7, 11) is 0. The van der Waals surface area contributed by atoms with Crippen LogP contribution in [0, 0.1) is 0 Å². The lowest BCUT2D eigenvalue weighted by molar-refractivity contribution is -0.158. The second-order valence-corrected chi connectivity index (χ2v) is 7.81. The van der Waals surface area contributed by atoms with Crippen molar-refractivity contribution in [1.82, 2.24) is 20.2 Å². The highest BCUT2D eigenvalue weighted by Crippen LogP contribution is 2.60. The average Bonchev–Trinajstić information content (AvgIpc) is 3.17. The standard InChI is InChI=1S/C19H15BrN4O2/c1-10(25)26-19(2)14-6-4-3-5-12(14)16-13-9-11(20)7-8-15(13)24-18(17(16)19)21-22-23-24/h3-9,16-17H,1-2H3. The SMILES string of the molecule is CC(=O)OC1(C)c2ccccc2C2c3cc(Br)ccc3-n3nnnc3C21. The zero-order valence-electron chi connectivity index (χ0n) is 14.2. The molecule has 6 nitrogen and oxygen atoms in total. The summed E-state index contributed by atoms with van der Waals surface area (Å²) in [5.74, 6) is 0.217. The van der Waals surface area contributed by atoms with Crippen molar-refractivity contribution >= 4 is 21.9 Å². The molecule has 1 aliphatic carbocycles. The van der Waals surface area contributed by atoms with E-state index in [1.165, 1.54) is 6.92 Å². The van der Waals surface area contributed by atoms with E-state index in [1.807, 2.05) is 37.3 Å². The first kappa shape index (κ1) is 15.7. The van der Waals surface area contributed by atoms with E-state index in [2.05, 4.69) is 43.6 Å².